The number of carbonyl (C=O) groups excluding carboxylic acids is 1. The number of nitrogens with zero attached hydrogens (tertiary/aromatic N) is 3. The molecule has 28 heavy (non-hydrogen) atoms. The smallest absolute Gasteiger partial charge is 0.251 e. The van der Waals surface area contributed by atoms with Crippen molar-refractivity contribution >= 4 is 35.1 Å². The number of nitrogens with one attached hydrogen (secondary N) is 1. The van der Waals surface area contributed by atoms with Gasteiger partial charge in [0, 0.05) is 36.5 Å². The molecule has 7 heteroatoms. The number of piperidine rings is 1. The summed E-state index contributed by atoms with van der Waals surface area (Å²) in [6.07, 6.45) is 2.36. The maximum absolute atomic E-state index is 12.0. The number of aromatic nitrogens is 2. The van der Waals surface area contributed by atoms with Crippen LogP contribution in [-0.4, -0.2) is 35.0 Å². The lowest BCUT2D eigenvalue weighted by atomic mass is 9.99. The Hall–Kier alpha value is -1.79. The molecule has 1 aromatic carbocycles. The lowest BCUT2D eigenvalue weighted by Crippen LogP contribution is -2.33. The summed E-state index contributed by atoms with van der Waals surface area (Å²) in [6, 6.07) is 9.63. The molecule has 0 atom stereocenters. The number of benzene rings is 1. The van der Waals surface area contributed by atoms with Crippen molar-refractivity contribution in [1.29, 1.82) is 0 Å². The second kappa shape index (κ2) is 9.61. The van der Waals surface area contributed by atoms with Gasteiger partial charge in [-0.1, -0.05) is 42.4 Å². The average Bonchev–Trinajstić information content (AvgIpc) is 2.66. The van der Waals surface area contributed by atoms with Crippen LogP contribution in [0, 0.1) is 5.92 Å². The van der Waals surface area contributed by atoms with Gasteiger partial charge in [0.15, 0.2) is 5.16 Å². The van der Waals surface area contributed by atoms with Crippen LogP contribution in [0.5, 0.6) is 0 Å². The predicted molar refractivity (Wildman–Crippen MR) is 116 cm³/mol. The van der Waals surface area contributed by atoms with Gasteiger partial charge in [-0.05, 0) is 50.3 Å². The summed E-state index contributed by atoms with van der Waals surface area (Å²) in [5.74, 6) is 2.36. The first-order chi connectivity index (χ1) is 13.4. The minimum atomic E-state index is -0.0483. The molecule has 150 valence electrons. The maximum Gasteiger partial charge on any atom is 0.251 e. The summed E-state index contributed by atoms with van der Waals surface area (Å²) in [7, 11) is 0. The third-order valence-corrected chi connectivity index (χ3v) is 5.88. The van der Waals surface area contributed by atoms with E-state index in [1.807, 2.05) is 44.2 Å². The molecule has 1 amide bonds. The van der Waals surface area contributed by atoms with Crippen molar-refractivity contribution < 1.29 is 4.79 Å². The van der Waals surface area contributed by atoms with E-state index in [0.29, 0.717) is 15.9 Å². The number of amides is 1. The summed E-state index contributed by atoms with van der Waals surface area (Å²) in [5, 5.41) is 4.06. The zero-order chi connectivity index (χ0) is 20.1. The number of hydrogen-bond donors (Lipinski definition) is 1. The third-order valence-electron chi connectivity index (χ3n) is 4.77. The van der Waals surface area contributed by atoms with Crippen molar-refractivity contribution in [3.63, 3.8) is 0 Å². The van der Waals surface area contributed by atoms with Gasteiger partial charge in [-0.2, -0.15) is 0 Å². The van der Waals surface area contributed by atoms with E-state index in [4.69, 9.17) is 16.6 Å². The summed E-state index contributed by atoms with van der Waals surface area (Å²) >= 11 is 7.80. The third kappa shape index (κ3) is 5.85. The van der Waals surface area contributed by atoms with Crippen LogP contribution in [0.25, 0.3) is 0 Å². The molecule has 2 heterocycles. The van der Waals surface area contributed by atoms with Crippen LogP contribution in [0.15, 0.2) is 35.5 Å². The molecular formula is C21H27ClN4OS. The fourth-order valence-corrected chi connectivity index (χ4v) is 4.13. The quantitative estimate of drug-likeness (QED) is 0.415. The van der Waals surface area contributed by atoms with E-state index in [2.05, 4.69) is 22.1 Å². The van der Waals surface area contributed by atoms with Gasteiger partial charge < -0.3 is 10.2 Å². The SMILES string of the molecule is CC1CCN(c2cc(Cl)nc(SCc3ccc(C(=O)NC(C)C)cc3)n2)CC1. The number of anilines is 1. The van der Waals surface area contributed by atoms with Gasteiger partial charge in [0.05, 0.1) is 0 Å². The van der Waals surface area contributed by atoms with Gasteiger partial charge in [-0.3, -0.25) is 4.79 Å². The number of halogens is 1. The molecule has 2 aromatic rings. The lowest BCUT2D eigenvalue weighted by molar-refractivity contribution is 0.0943. The summed E-state index contributed by atoms with van der Waals surface area (Å²) in [4.78, 5) is 23.4. The van der Waals surface area contributed by atoms with E-state index < -0.39 is 0 Å². The molecule has 0 unspecified atom stereocenters. The maximum atomic E-state index is 12.0. The monoisotopic (exact) mass is 418 g/mol. The van der Waals surface area contributed by atoms with Gasteiger partial charge in [-0.25, -0.2) is 9.97 Å². The van der Waals surface area contributed by atoms with Crippen molar-refractivity contribution in [2.75, 3.05) is 18.0 Å². The van der Waals surface area contributed by atoms with Gasteiger partial charge in [0.25, 0.3) is 5.91 Å². The predicted octanol–water partition coefficient (Wildman–Crippen LogP) is 4.80. The molecule has 1 aromatic heterocycles. The van der Waals surface area contributed by atoms with Gasteiger partial charge in [0.2, 0.25) is 0 Å². The minimum Gasteiger partial charge on any atom is -0.356 e. The Labute approximate surface area is 176 Å². The van der Waals surface area contributed by atoms with Crippen molar-refractivity contribution in [3.8, 4) is 0 Å². The van der Waals surface area contributed by atoms with Crippen molar-refractivity contribution in [2.24, 2.45) is 5.92 Å². The standard InChI is InChI=1S/C21H27ClN4OS/c1-14(2)23-20(27)17-6-4-16(5-7-17)13-28-21-24-18(22)12-19(25-21)26-10-8-15(3)9-11-26/h4-7,12,14-15H,8-11,13H2,1-3H3,(H,23,27). The first kappa shape index (κ1) is 20.9. The van der Waals surface area contributed by atoms with E-state index >= 15 is 0 Å². The zero-order valence-electron chi connectivity index (χ0n) is 16.6. The first-order valence-electron chi connectivity index (χ1n) is 9.73. The van der Waals surface area contributed by atoms with E-state index in [9.17, 15) is 4.79 Å². The van der Waals surface area contributed by atoms with Crippen LogP contribution in [0.1, 0.15) is 49.5 Å². The summed E-state index contributed by atoms with van der Waals surface area (Å²) in [5.41, 5.74) is 1.78. The Kier molecular flexibility index (Phi) is 7.18. The largest absolute Gasteiger partial charge is 0.356 e. The molecular weight excluding hydrogens is 392 g/mol. The highest BCUT2D eigenvalue weighted by Crippen LogP contribution is 2.27. The van der Waals surface area contributed by atoms with Crippen molar-refractivity contribution in [1.82, 2.24) is 15.3 Å². The second-order valence-electron chi connectivity index (χ2n) is 7.61. The molecule has 1 aliphatic heterocycles. The Morgan fingerprint density at radius 2 is 1.93 bits per heavy atom. The number of hydrogen-bond acceptors (Lipinski definition) is 5. The Morgan fingerprint density at radius 1 is 1.25 bits per heavy atom. The average molecular weight is 419 g/mol. The molecule has 0 aliphatic carbocycles. The van der Waals surface area contributed by atoms with Crippen molar-refractivity contribution in [3.05, 3.63) is 46.6 Å². The highest BCUT2D eigenvalue weighted by molar-refractivity contribution is 7.98. The molecule has 1 fully saturated rings. The molecule has 1 aliphatic rings. The second-order valence-corrected chi connectivity index (χ2v) is 8.94. The minimum absolute atomic E-state index is 0.0483. The van der Waals surface area contributed by atoms with E-state index in [1.54, 1.807) is 11.8 Å². The topological polar surface area (TPSA) is 58.1 Å². The summed E-state index contributed by atoms with van der Waals surface area (Å²) in [6.45, 7) is 8.22. The highest BCUT2D eigenvalue weighted by atomic mass is 35.5. The number of carbonyl (C=O) groups is 1. The molecule has 1 N–H and O–H groups in total. The molecule has 0 radical (unpaired) electrons. The first-order valence-corrected chi connectivity index (χ1v) is 11.1. The normalized spacial score (nSPS) is 15.1. The fourth-order valence-electron chi connectivity index (χ4n) is 3.10. The van der Waals surface area contributed by atoms with E-state index in [-0.39, 0.29) is 11.9 Å². The Balaban J connectivity index is 1.62. The van der Waals surface area contributed by atoms with Crippen molar-refractivity contribution in [2.45, 2.75) is 50.6 Å². The van der Waals surface area contributed by atoms with E-state index in [0.717, 1.165) is 36.1 Å². The summed E-state index contributed by atoms with van der Waals surface area (Å²) < 4.78 is 0. The Bertz CT molecular complexity index is 805. The van der Waals surface area contributed by atoms with Crippen LogP contribution in [0.3, 0.4) is 0 Å². The molecule has 0 bridgehead atoms. The Morgan fingerprint density at radius 3 is 2.57 bits per heavy atom. The van der Waals surface area contributed by atoms with Crippen LogP contribution >= 0.6 is 23.4 Å². The lowest BCUT2D eigenvalue weighted by Gasteiger charge is -2.31. The van der Waals surface area contributed by atoms with Crippen LogP contribution < -0.4 is 10.2 Å². The van der Waals surface area contributed by atoms with Gasteiger partial charge >= 0.3 is 0 Å². The molecule has 5 nitrogen and oxygen atoms in total. The van der Waals surface area contributed by atoms with E-state index in [1.165, 1.54) is 12.8 Å². The molecule has 0 saturated carbocycles. The zero-order valence-corrected chi connectivity index (χ0v) is 18.2. The van der Waals surface area contributed by atoms with Crippen LogP contribution in [-0.2, 0) is 5.75 Å². The molecule has 3 rings (SSSR count). The van der Waals surface area contributed by atoms with Gasteiger partial charge in [-0.15, -0.1) is 0 Å². The molecule has 1 saturated heterocycles. The van der Waals surface area contributed by atoms with Crippen LogP contribution in [0.4, 0.5) is 5.82 Å². The number of rotatable bonds is 6. The highest BCUT2D eigenvalue weighted by Gasteiger charge is 2.18. The number of thioether (sulfide) groups is 1. The molecule has 0 spiro atoms. The van der Waals surface area contributed by atoms with Gasteiger partial charge in [0.1, 0.15) is 11.0 Å². The van der Waals surface area contributed by atoms with Crippen LogP contribution in [0.2, 0.25) is 5.15 Å². The fraction of sp³-hybridized carbons (Fsp3) is 0.476.